The van der Waals surface area contributed by atoms with Gasteiger partial charge in [-0.15, -0.1) is 0 Å². The number of allylic oxidation sites excluding steroid dienone is 1. The van der Waals surface area contributed by atoms with Gasteiger partial charge in [-0.1, -0.05) is 18.2 Å². The Morgan fingerprint density at radius 1 is 1.24 bits per heavy atom. The third-order valence-electron chi connectivity index (χ3n) is 3.41. The van der Waals surface area contributed by atoms with Crippen LogP contribution in [0.25, 0.3) is 0 Å². The Morgan fingerprint density at radius 3 is 2.71 bits per heavy atom. The Balaban J connectivity index is 2.07. The Bertz CT molecular complexity index is 398. The smallest absolute Gasteiger partial charge is 0.119 e. The van der Waals surface area contributed by atoms with Crippen LogP contribution in [0.2, 0.25) is 0 Å². The number of nitrogens with zero attached hydrogens (tertiary/aromatic N) is 1. The molecule has 1 heterocycles. The second-order valence-corrected chi connectivity index (χ2v) is 4.50. The molecule has 1 aromatic carbocycles. The van der Waals surface area contributed by atoms with E-state index >= 15 is 0 Å². The highest BCUT2D eigenvalue weighted by atomic mass is 16.5. The molecule has 0 spiro atoms. The van der Waals surface area contributed by atoms with Gasteiger partial charge >= 0.3 is 0 Å². The van der Waals surface area contributed by atoms with Crippen molar-refractivity contribution >= 4 is 0 Å². The molecule has 0 aromatic heterocycles. The minimum Gasteiger partial charge on any atom is -0.497 e. The van der Waals surface area contributed by atoms with Crippen LogP contribution in [0.4, 0.5) is 0 Å². The summed E-state index contributed by atoms with van der Waals surface area (Å²) in [5.41, 5.74) is 2.93. The summed E-state index contributed by atoms with van der Waals surface area (Å²) >= 11 is 0. The molecule has 0 bridgehead atoms. The molecule has 0 fully saturated rings. The van der Waals surface area contributed by atoms with Gasteiger partial charge in [0.05, 0.1) is 7.11 Å². The van der Waals surface area contributed by atoms with E-state index in [1.807, 2.05) is 0 Å². The van der Waals surface area contributed by atoms with E-state index in [0.29, 0.717) is 0 Å². The SMILES string of the molecule is CC=CCN1CCc2ccc(OC)cc2CC1. The van der Waals surface area contributed by atoms with Gasteiger partial charge in [0, 0.05) is 19.6 Å². The molecule has 2 rings (SSSR count). The number of hydrogen-bond donors (Lipinski definition) is 0. The minimum absolute atomic E-state index is 0.977. The van der Waals surface area contributed by atoms with Gasteiger partial charge in [-0.2, -0.15) is 0 Å². The van der Waals surface area contributed by atoms with Gasteiger partial charge in [0.25, 0.3) is 0 Å². The van der Waals surface area contributed by atoms with Crippen molar-refractivity contribution in [2.24, 2.45) is 0 Å². The van der Waals surface area contributed by atoms with Crippen molar-refractivity contribution in [3.05, 3.63) is 41.5 Å². The second-order valence-electron chi connectivity index (χ2n) is 4.50. The molecule has 1 aromatic rings. The van der Waals surface area contributed by atoms with E-state index in [1.54, 1.807) is 7.11 Å². The van der Waals surface area contributed by atoms with E-state index in [1.165, 1.54) is 11.1 Å². The zero-order valence-corrected chi connectivity index (χ0v) is 10.8. The molecule has 17 heavy (non-hydrogen) atoms. The third kappa shape index (κ3) is 3.10. The maximum atomic E-state index is 5.29. The molecule has 0 amide bonds. The van der Waals surface area contributed by atoms with Crippen LogP contribution in [0, 0.1) is 0 Å². The first-order valence-corrected chi connectivity index (χ1v) is 6.33. The minimum atomic E-state index is 0.977. The lowest BCUT2D eigenvalue weighted by Gasteiger charge is -2.16. The number of rotatable bonds is 3. The summed E-state index contributed by atoms with van der Waals surface area (Å²) < 4.78 is 5.29. The summed E-state index contributed by atoms with van der Waals surface area (Å²) in [6.45, 7) is 5.45. The van der Waals surface area contributed by atoms with Crippen molar-refractivity contribution in [3.8, 4) is 5.75 Å². The fourth-order valence-electron chi connectivity index (χ4n) is 2.31. The molecule has 0 N–H and O–H groups in total. The van der Waals surface area contributed by atoms with Crippen molar-refractivity contribution in [1.82, 2.24) is 4.90 Å². The average Bonchev–Trinajstić information content (AvgIpc) is 2.58. The van der Waals surface area contributed by atoms with Crippen molar-refractivity contribution in [2.45, 2.75) is 19.8 Å². The quantitative estimate of drug-likeness (QED) is 0.742. The van der Waals surface area contributed by atoms with Crippen LogP contribution in [0.1, 0.15) is 18.1 Å². The topological polar surface area (TPSA) is 12.5 Å². The highest BCUT2D eigenvalue weighted by molar-refractivity contribution is 5.36. The second kappa shape index (κ2) is 5.87. The fourth-order valence-corrected chi connectivity index (χ4v) is 2.31. The summed E-state index contributed by atoms with van der Waals surface area (Å²) in [6, 6.07) is 6.47. The number of benzene rings is 1. The molecule has 0 saturated heterocycles. The van der Waals surface area contributed by atoms with Crippen LogP contribution in [-0.4, -0.2) is 31.6 Å². The number of fused-ring (bicyclic) bond motifs is 1. The standard InChI is InChI=1S/C15H21NO/c1-3-4-9-16-10-7-13-5-6-15(17-2)12-14(13)8-11-16/h3-6,12H,7-11H2,1-2H3. The van der Waals surface area contributed by atoms with Crippen LogP contribution < -0.4 is 4.74 Å². The first kappa shape index (κ1) is 12.2. The van der Waals surface area contributed by atoms with Gasteiger partial charge in [-0.3, -0.25) is 4.90 Å². The van der Waals surface area contributed by atoms with Crippen molar-refractivity contribution < 1.29 is 4.74 Å². The molecule has 0 aliphatic carbocycles. The maximum absolute atomic E-state index is 5.29. The van der Waals surface area contributed by atoms with Gasteiger partial charge in [0.2, 0.25) is 0 Å². The molecule has 0 atom stereocenters. The summed E-state index contributed by atoms with van der Waals surface area (Å²) in [7, 11) is 1.73. The van der Waals surface area contributed by atoms with E-state index in [9.17, 15) is 0 Å². The van der Waals surface area contributed by atoms with E-state index in [0.717, 1.165) is 38.2 Å². The van der Waals surface area contributed by atoms with Gasteiger partial charge in [0.1, 0.15) is 5.75 Å². The molecule has 0 radical (unpaired) electrons. The Kier molecular flexibility index (Phi) is 4.21. The molecule has 2 heteroatoms. The first-order chi connectivity index (χ1) is 8.33. The highest BCUT2D eigenvalue weighted by Crippen LogP contribution is 2.21. The van der Waals surface area contributed by atoms with Crippen LogP contribution in [-0.2, 0) is 12.8 Å². The van der Waals surface area contributed by atoms with Gasteiger partial charge in [-0.25, -0.2) is 0 Å². The zero-order chi connectivity index (χ0) is 12.1. The summed E-state index contributed by atoms with van der Waals surface area (Å²) in [5, 5.41) is 0. The normalized spacial score (nSPS) is 16.8. The van der Waals surface area contributed by atoms with Crippen molar-refractivity contribution in [2.75, 3.05) is 26.7 Å². The first-order valence-electron chi connectivity index (χ1n) is 6.33. The van der Waals surface area contributed by atoms with Crippen LogP contribution in [0.5, 0.6) is 5.75 Å². The van der Waals surface area contributed by atoms with Crippen LogP contribution >= 0.6 is 0 Å². The lowest BCUT2D eigenvalue weighted by atomic mass is 10.0. The lowest BCUT2D eigenvalue weighted by molar-refractivity contribution is 0.318. The summed E-state index contributed by atoms with van der Waals surface area (Å²) in [5.74, 6) is 0.977. The fraction of sp³-hybridized carbons (Fsp3) is 0.467. The zero-order valence-electron chi connectivity index (χ0n) is 10.8. The van der Waals surface area contributed by atoms with E-state index in [4.69, 9.17) is 4.74 Å². The molecule has 2 nitrogen and oxygen atoms in total. The van der Waals surface area contributed by atoms with E-state index in [2.05, 4.69) is 42.2 Å². The van der Waals surface area contributed by atoms with E-state index in [-0.39, 0.29) is 0 Å². The van der Waals surface area contributed by atoms with Gasteiger partial charge in [0.15, 0.2) is 0 Å². The highest BCUT2D eigenvalue weighted by Gasteiger charge is 2.13. The molecular formula is C15H21NO. The predicted molar refractivity (Wildman–Crippen MR) is 71.7 cm³/mol. The molecule has 1 aliphatic rings. The van der Waals surface area contributed by atoms with Gasteiger partial charge < -0.3 is 4.74 Å². The van der Waals surface area contributed by atoms with Crippen molar-refractivity contribution in [1.29, 1.82) is 0 Å². The lowest BCUT2D eigenvalue weighted by Crippen LogP contribution is -2.26. The maximum Gasteiger partial charge on any atom is 0.119 e. The third-order valence-corrected chi connectivity index (χ3v) is 3.41. The summed E-state index contributed by atoms with van der Waals surface area (Å²) in [4.78, 5) is 2.51. The Labute approximate surface area is 104 Å². The number of methoxy groups -OCH3 is 1. The van der Waals surface area contributed by atoms with Crippen LogP contribution in [0.3, 0.4) is 0 Å². The number of hydrogen-bond acceptors (Lipinski definition) is 2. The molecule has 0 unspecified atom stereocenters. The van der Waals surface area contributed by atoms with Gasteiger partial charge in [-0.05, 0) is 43.0 Å². The van der Waals surface area contributed by atoms with E-state index < -0.39 is 0 Å². The molecule has 0 saturated carbocycles. The predicted octanol–water partition coefficient (Wildman–Crippen LogP) is 2.67. The molecule has 1 aliphatic heterocycles. The molecular weight excluding hydrogens is 210 g/mol. The number of ether oxygens (including phenoxy) is 1. The Hall–Kier alpha value is -1.28. The molecule has 92 valence electrons. The Morgan fingerprint density at radius 2 is 2.00 bits per heavy atom. The average molecular weight is 231 g/mol. The summed E-state index contributed by atoms with van der Waals surface area (Å²) in [6.07, 6.45) is 6.64. The largest absolute Gasteiger partial charge is 0.497 e. The van der Waals surface area contributed by atoms with Crippen LogP contribution in [0.15, 0.2) is 30.4 Å². The van der Waals surface area contributed by atoms with Crippen molar-refractivity contribution in [3.63, 3.8) is 0 Å². The monoisotopic (exact) mass is 231 g/mol.